The molecule has 5 nitrogen and oxygen atoms in total. The van der Waals surface area contributed by atoms with Crippen molar-refractivity contribution in [2.75, 3.05) is 10.5 Å². The van der Waals surface area contributed by atoms with E-state index in [1.165, 1.54) is 12.1 Å². The van der Waals surface area contributed by atoms with Gasteiger partial charge in [-0.05, 0) is 12.1 Å². The van der Waals surface area contributed by atoms with Crippen LogP contribution in [-0.2, 0) is 10.0 Å². The van der Waals surface area contributed by atoms with Gasteiger partial charge in [-0.15, -0.1) is 13.2 Å². The molecule has 0 aliphatic heterocycles. The van der Waals surface area contributed by atoms with Crippen LogP contribution in [0, 0.1) is 0 Å². The van der Waals surface area contributed by atoms with Crippen molar-refractivity contribution in [2.45, 2.75) is 6.36 Å². The summed E-state index contributed by atoms with van der Waals surface area (Å²) in [7, 11) is -3.85. The number of nitrogens with two attached hydrogens (primary N) is 1. The maximum Gasteiger partial charge on any atom is 0.573 e. The standard InChI is InChI=1S/C9H9F3N2O3S2/c10-9(11,12)17-7-3-1-2-6(4-7)14-19(15,16)5-8(13)18/h1-4,14H,5H2,(H2,13,18). The van der Waals surface area contributed by atoms with Crippen molar-refractivity contribution in [3.63, 3.8) is 0 Å². The van der Waals surface area contributed by atoms with Gasteiger partial charge in [0.15, 0.2) is 0 Å². The van der Waals surface area contributed by atoms with Gasteiger partial charge in [0.2, 0.25) is 10.0 Å². The Hall–Kier alpha value is -1.55. The fourth-order valence-electron chi connectivity index (χ4n) is 1.16. The number of sulfonamides is 1. The Morgan fingerprint density at radius 2 is 2.05 bits per heavy atom. The highest BCUT2D eigenvalue weighted by Gasteiger charge is 2.31. The van der Waals surface area contributed by atoms with Crippen molar-refractivity contribution < 1.29 is 26.3 Å². The van der Waals surface area contributed by atoms with Gasteiger partial charge in [-0.3, -0.25) is 4.72 Å². The van der Waals surface area contributed by atoms with Crippen molar-refractivity contribution >= 4 is 32.9 Å². The molecule has 0 unspecified atom stereocenters. The fraction of sp³-hybridized carbons (Fsp3) is 0.222. The van der Waals surface area contributed by atoms with Gasteiger partial charge in [0.1, 0.15) is 11.5 Å². The number of rotatable bonds is 5. The lowest BCUT2D eigenvalue weighted by atomic mass is 10.3. The molecule has 0 aliphatic rings. The zero-order valence-electron chi connectivity index (χ0n) is 9.27. The van der Waals surface area contributed by atoms with Crippen LogP contribution in [0.25, 0.3) is 0 Å². The highest BCUT2D eigenvalue weighted by atomic mass is 32.2. The summed E-state index contributed by atoms with van der Waals surface area (Å²) in [4.78, 5) is -0.254. The monoisotopic (exact) mass is 314 g/mol. The third-order valence-corrected chi connectivity index (χ3v) is 3.24. The number of ether oxygens (including phenoxy) is 1. The quantitative estimate of drug-likeness (QED) is 0.807. The molecule has 0 spiro atoms. The van der Waals surface area contributed by atoms with Crippen molar-refractivity contribution in [3.05, 3.63) is 24.3 Å². The Balaban J connectivity index is 2.86. The summed E-state index contributed by atoms with van der Waals surface area (Å²) in [5, 5.41) is 0. The number of hydrogen-bond donors (Lipinski definition) is 2. The van der Waals surface area contributed by atoms with Crippen LogP contribution in [0.15, 0.2) is 24.3 Å². The molecule has 10 heteroatoms. The first-order chi connectivity index (χ1) is 8.57. The molecule has 0 saturated heterocycles. The minimum Gasteiger partial charge on any atom is -0.406 e. The molecule has 0 fully saturated rings. The van der Waals surface area contributed by atoms with Gasteiger partial charge >= 0.3 is 6.36 Å². The predicted molar refractivity (Wildman–Crippen MR) is 67.3 cm³/mol. The van der Waals surface area contributed by atoms with Crippen molar-refractivity contribution in [2.24, 2.45) is 5.73 Å². The smallest absolute Gasteiger partial charge is 0.406 e. The first kappa shape index (κ1) is 15.5. The lowest BCUT2D eigenvalue weighted by molar-refractivity contribution is -0.274. The van der Waals surface area contributed by atoms with Crippen LogP contribution >= 0.6 is 12.2 Å². The number of hydrogen-bond acceptors (Lipinski definition) is 4. The number of benzene rings is 1. The molecule has 1 aromatic carbocycles. The highest BCUT2D eigenvalue weighted by molar-refractivity contribution is 7.95. The van der Waals surface area contributed by atoms with Crippen molar-refractivity contribution in [1.29, 1.82) is 0 Å². The van der Waals surface area contributed by atoms with Gasteiger partial charge in [-0.1, -0.05) is 18.3 Å². The molecule has 3 N–H and O–H groups in total. The average molecular weight is 314 g/mol. The molecule has 0 saturated carbocycles. The average Bonchev–Trinajstić information content (AvgIpc) is 2.11. The topological polar surface area (TPSA) is 81.4 Å². The third kappa shape index (κ3) is 6.25. The Morgan fingerprint density at radius 1 is 1.42 bits per heavy atom. The number of nitrogens with one attached hydrogen (secondary N) is 1. The van der Waals surface area contributed by atoms with Crippen LogP contribution in [0.1, 0.15) is 0 Å². The Labute approximate surface area is 112 Å². The lowest BCUT2D eigenvalue weighted by Gasteiger charge is -2.11. The maximum atomic E-state index is 12.0. The van der Waals surface area contributed by atoms with Gasteiger partial charge in [-0.2, -0.15) is 0 Å². The molecule has 1 aromatic rings. The summed E-state index contributed by atoms with van der Waals surface area (Å²) in [6, 6.07) is 4.41. The molecule has 19 heavy (non-hydrogen) atoms. The number of halogens is 3. The van der Waals surface area contributed by atoms with Crippen LogP contribution in [0.2, 0.25) is 0 Å². The number of thiocarbonyl (C=S) groups is 1. The van der Waals surface area contributed by atoms with E-state index in [-0.39, 0.29) is 10.7 Å². The van der Waals surface area contributed by atoms with Crippen molar-refractivity contribution in [1.82, 2.24) is 0 Å². The van der Waals surface area contributed by atoms with Gasteiger partial charge in [-0.25, -0.2) is 8.42 Å². The molecule has 0 atom stereocenters. The van der Waals surface area contributed by atoms with Crippen LogP contribution < -0.4 is 15.2 Å². The van der Waals surface area contributed by atoms with Gasteiger partial charge in [0.05, 0.1) is 10.7 Å². The molecule has 0 heterocycles. The molecule has 0 radical (unpaired) electrons. The van der Waals surface area contributed by atoms with E-state index in [1.807, 2.05) is 4.72 Å². The molecule has 0 aliphatic carbocycles. The summed E-state index contributed by atoms with van der Waals surface area (Å²) < 4.78 is 64.6. The summed E-state index contributed by atoms with van der Waals surface area (Å²) in [5.41, 5.74) is 5.00. The molecular weight excluding hydrogens is 305 g/mol. The maximum absolute atomic E-state index is 12.0. The van der Waals surface area contributed by atoms with Gasteiger partial charge in [0, 0.05) is 6.07 Å². The van der Waals surface area contributed by atoms with E-state index in [4.69, 9.17) is 5.73 Å². The third-order valence-electron chi connectivity index (χ3n) is 1.67. The van der Waals surface area contributed by atoms with Crippen LogP contribution in [-0.4, -0.2) is 25.5 Å². The highest BCUT2D eigenvalue weighted by Crippen LogP contribution is 2.25. The minimum absolute atomic E-state index is 0.0852. The molecule has 0 aromatic heterocycles. The number of alkyl halides is 3. The second-order valence-electron chi connectivity index (χ2n) is 3.40. The molecular formula is C9H9F3N2O3S2. The van der Waals surface area contributed by atoms with Crippen molar-refractivity contribution in [3.8, 4) is 5.75 Å². The summed E-state index contributed by atoms with van der Waals surface area (Å²) >= 11 is 4.44. The first-order valence-corrected chi connectivity index (χ1v) is 6.78. The number of anilines is 1. The molecule has 1 rings (SSSR count). The van der Waals surface area contributed by atoms with Crippen LogP contribution in [0.4, 0.5) is 18.9 Å². The minimum atomic E-state index is -4.85. The zero-order valence-corrected chi connectivity index (χ0v) is 10.9. The van der Waals surface area contributed by atoms with Crippen LogP contribution in [0.3, 0.4) is 0 Å². The molecule has 106 valence electrons. The van der Waals surface area contributed by atoms with E-state index < -0.39 is 27.9 Å². The summed E-state index contributed by atoms with van der Waals surface area (Å²) in [6.45, 7) is 0. The Kier molecular flexibility index (Phi) is 4.58. The van der Waals surface area contributed by atoms with E-state index in [0.717, 1.165) is 12.1 Å². The largest absolute Gasteiger partial charge is 0.573 e. The van der Waals surface area contributed by atoms with Gasteiger partial charge in [0.25, 0.3) is 0 Å². The van der Waals surface area contributed by atoms with E-state index in [0.29, 0.717) is 0 Å². The SMILES string of the molecule is NC(=S)CS(=O)(=O)Nc1cccc(OC(F)(F)F)c1. The van der Waals surface area contributed by atoms with Gasteiger partial charge < -0.3 is 10.5 Å². The first-order valence-electron chi connectivity index (χ1n) is 4.72. The zero-order chi connectivity index (χ0) is 14.7. The fourth-order valence-corrected chi connectivity index (χ4v) is 2.56. The van der Waals surface area contributed by atoms with E-state index in [9.17, 15) is 21.6 Å². The predicted octanol–water partition coefficient (Wildman–Crippen LogP) is 1.61. The van der Waals surface area contributed by atoms with E-state index >= 15 is 0 Å². The van der Waals surface area contributed by atoms with E-state index in [1.54, 1.807) is 0 Å². The Morgan fingerprint density at radius 3 is 2.58 bits per heavy atom. The summed E-state index contributed by atoms with van der Waals surface area (Å²) in [5.74, 6) is -1.14. The second kappa shape index (κ2) is 5.61. The lowest BCUT2D eigenvalue weighted by Crippen LogP contribution is -2.26. The second-order valence-corrected chi connectivity index (χ2v) is 5.65. The summed E-state index contributed by atoms with van der Waals surface area (Å²) in [6.07, 6.45) is -4.85. The molecule has 0 amide bonds. The normalized spacial score (nSPS) is 11.9. The Bertz CT molecular complexity index is 572. The van der Waals surface area contributed by atoms with Crippen LogP contribution in [0.5, 0.6) is 5.75 Å². The molecule has 0 bridgehead atoms. The van der Waals surface area contributed by atoms with E-state index in [2.05, 4.69) is 17.0 Å².